The Kier molecular flexibility index (Phi) is 10.2. The summed E-state index contributed by atoms with van der Waals surface area (Å²) < 4.78 is 0. The maximum absolute atomic E-state index is 11.7. The summed E-state index contributed by atoms with van der Waals surface area (Å²) >= 11 is 0. The van der Waals surface area contributed by atoms with Crippen LogP contribution in [-0.2, 0) is 0 Å². The zero-order valence-corrected chi connectivity index (χ0v) is 14.5. The quantitative estimate of drug-likeness (QED) is 0.654. The molecule has 124 valence electrons. The third-order valence-electron chi connectivity index (χ3n) is 2.62. The van der Waals surface area contributed by atoms with Crippen molar-refractivity contribution in [1.82, 2.24) is 0 Å². The van der Waals surface area contributed by atoms with Gasteiger partial charge < -0.3 is 10.6 Å². The third kappa shape index (κ3) is 7.48. The van der Waals surface area contributed by atoms with Crippen LogP contribution in [0.2, 0.25) is 0 Å². The van der Waals surface area contributed by atoms with Crippen molar-refractivity contribution in [2.75, 3.05) is 10.6 Å². The topological polar surface area (TPSA) is 41.1 Å². The van der Waals surface area contributed by atoms with Gasteiger partial charge in [-0.25, -0.2) is 4.79 Å². The Morgan fingerprint density at radius 2 is 0.955 bits per heavy atom. The number of hydrogen-bond donors (Lipinski definition) is 2. The number of anilines is 2. The van der Waals surface area contributed by atoms with Crippen LogP contribution >= 0.6 is 0 Å². The van der Waals surface area contributed by atoms with Gasteiger partial charge in [0.15, 0.2) is 0 Å². The summed E-state index contributed by atoms with van der Waals surface area (Å²) in [6.45, 7) is 12.0. The summed E-state index contributed by atoms with van der Waals surface area (Å²) in [7, 11) is 0. The molecule has 0 unspecified atom stereocenters. The molecule has 2 amide bonds. The summed E-state index contributed by atoms with van der Waals surface area (Å²) in [6.07, 6.45) is 0. The zero-order valence-electron chi connectivity index (χ0n) is 14.5. The predicted octanol–water partition coefficient (Wildman–Crippen LogP) is 6.49. The average molecular weight is 304 g/mol. The largest absolute Gasteiger partial charge is 0.323 e. The van der Waals surface area contributed by atoms with Crippen molar-refractivity contribution in [1.29, 1.82) is 0 Å². The molecule has 3 nitrogen and oxygen atoms in total. The van der Waals surface area contributed by atoms with E-state index in [1.165, 1.54) is 11.1 Å². The second kappa shape index (κ2) is 11.4. The molecule has 0 heterocycles. The van der Waals surface area contributed by atoms with Crippen molar-refractivity contribution in [3.05, 3.63) is 59.7 Å². The van der Waals surface area contributed by atoms with E-state index >= 15 is 0 Å². The number of carbonyl (C=O) groups excluding carboxylic acids is 1. The molecule has 0 fully saturated rings. The molecular weight excluding hydrogens is 272 g/mol. The minimum atomic E-state index is -0.234. The van der Waals surface area contributed by atoms with Crippen molar-refractivity contribution in [3.63, 3.8) is 0 Å². The molecule has 2 rings (SSSR count). The number of urea groups is 1. The first-order valence-electron chi connectivity index (χ1n) is 7.85. The van der Waals surface area contributed by atoms with Crippen LogP contribution in [0.1, 0.15) is 41.7 Å². The summed E-state index contributed by atoms with van der Waals surface area (Å²) in [4.78, 5) is 11.7. The fourth-order valence-corrected chi connectivity index (χ4v) is 1.57. The van der Waals surface area contributed by atoms with E-state index in [9.17, 15) is 4.79 Å². The minimum Gasteiger partial charge on any atom is -0.308 e. The third-order valence-corrected chi connectivity index (χ3v) is 2.62. The molecule has 0 spiro atoms. The molecule has 0 saturated heterocycles. The second-order valence-corrected chi connectivity index (χ2v) is 4.31. The first kappa shape index (κ1) is 19.7. The molecule has 0 aromatic heterocycles. The highest BCUT2D eigenvalue weighted by Crippen LogP contribution is 2.11. The molecule has 0 aliphatic rings. The molecule has 2 aromatic carbocycles. The van der Waals surface area contributed by atoms with Gasteiger partial charge in [0.05, 0.1) is 0 Å². The maximum Gasteiger partial charge on any atom is 0.323 e. The Morgan fingerprint density at radius 1 is 0.682 bits per heavy atom. The average Bonchev–Trinajstić information content (AvgIpc) is 2.56. The van der Waals surface area contributed by atoms with Gasteiger partial charge in [-0.3, -0.25) is 0 Å². The molecule has 0 radical (unpaired) electrons. The first-order valence-corrected chi connectivity index (χ1v) is 7.85. The van der Waals surface area contributed by atoms with Gasteiger partial charge in [-0.15, -0.1) is 0 Å². The smallest absolute Gasteiger partial charge is 0.308 e. The normalized spacial score (nSPS) is 8.64. The lowest BCUT2D eigenvalue weighted by atomic mass is 10.2. The van der Waals surface area contributed by atoms with E-state index in [0.29, 0.717) is 0 Å². The lowest BCUT2D eigenvalue weighted by molar-refractivity contribution is 0.262. The Labute approximate surface area is 137 Å². The second-order valence-electron chi connectivity index (χ2n) is 4.31. The molecular formula is C19H32N2O. The van der Waals surface area contributed by atoms with Crippen molar-refractivity contribution >= 4 is 17.4 Å². The predicted molar refractivity (Wildman–Crippen MR) is 102 cm³/mol. The van der Waals surface area contributed by atoms with E-state index in [0.717, 1.165) is 11.4 Å². The summed E-state index contributed by atoms with van der Waals surface area (Å²) in [5.74, 6) is 0. The van der Waals surface area contributed by atoms with Crippen LogP contribution < -0.4 is 10.6 Å². The van der Waals surface area contributed by atoms with E-state index < -0.39 is 0 Å². The van der Waals surface area contributed by atoms with Crippen LogP contribution in [0.4, 0.5) is 16.2 Å². The molecule has 0 aliphatic carbocycles. The Balaban J connectivity index is -0.000000684. The van der Waals surface area contributed by atoms with Gasteiger partial charge in [-0.1, -0.05) is 63.1 Å². The van der Waals surface area contributed by atoms with Gasteiger partial charge in [-0.05, 0) is 38.1 Å². The van der Waals surface area contributed by atoms with Crippen LogP contribution in [0.25, 0.3) is 0 Å². The number of benzene rings is 2. The zero-order chi connectivity index (χ0) is 17.0. The number of aryl methyl sites for hydroxylation is 2. The molecule has 0 saturated carbocycles. The van der Waals surface area contributed by atoms with Crippen LogP contribution in [0, 0.1) is 13.8 Å². The highest BCUT2D eigenvalue weighted by atomic mass is 16.2. The van der Waals surface area contributed by atoms with Crippen molar-refractivity contribution < 1.29 is 7.65 Å². The fourth-order valence-electron chi connectivity index (χ4n) is 1.57. The van der Waals surface area contributed by atoms with Gasteiger partial charge in [0, 0.05) is 14.2 Å². The number of hydrogen-bond acceptors (Lipinski definition) is 1. The Morgan fingerprint density at radius 3 is 1.23 bits per heavy atom. The van der Waals surface area contributed by atoms with Crippen LogP contribution in [0.15, 0.2) is 48.5 Å². The highest BCUT2D eigenvalue weighted by molar-refractivity contribution is 5.99. The summed E-state index contributed by atoms with van der Waals surface area (Å²) in [6, 6.07) is 15.1. The number of carbonyl (C=O) groups is 1. The lowest BCUT2D eigenvalue weighted by Crippen LogP contribution is -2.19. The van der Waals surface area contributed by atoms with Crippen molar-refractivity contribution in [2.24, 2.45) is 0 Å². The molecule has 2 N–H and O–H groups in total. The first-order chi connectivity index (χ1) is 10.6. The monoisotopic (exact) mass is 304 g/mol. The standard InChI is InChI=1S/C15H16N2O.2C2H6.2H2/c1-11-3-7-13(8-4-11)16-15(18)17-14-9-5-12(2)6-10-14;2*1-2;;/h3-10H,1-2H3,(H2,16,17,18);2*1-2H3;2*1H. The van der Waals surface area contributed by atoms with Crippen LogP contribution in [-0.4, -0.2) is 6.03 Å². The molecule has 0 bridgehead atoms. The van der Waals surface area contributed by atoms with E-state index in [2.05, 4.69) is 10.6 Å². The number of rotatable bonds is 2. The SMILES string of the molecule is CC.CC.Cc1ccc(NC(=O)Nc2ccc(C)cc2)cc1.[HH].[HH]. The maximum atomic E-state index is 11.7. The lowest BCUT2D eigenvalue weighted by Gasteiger charge is -2.08. The van der Waals surface area contributed by atoms with Gasteiger partial charge >= 0.3 is 6.03 Å². The van der Waals surface area contributed by atoms with E-state index in [1.807, 2.05) is 90.1 Å². The molecule has 3 heteroatoms. The van der Waals surface area contributed by atoms with E-state index in [1.54, 1.807) is 0 Å². The molecule has 22 heavy (non-hydrogen) atoms. The molecule has 2 aromatic rings. The Bertz CT molecular complexity index is 491. The van der Waals surface area contributed by atoms with Gasteiger partial charge in [0.25, 0.3) is 0 Å². The number of amides is 2. The van der Waals surface area contributed by atoms with Gasteiger partial charge in [0.1, 0.15) is 0 Å². The summed E-state index contributed by atoms with van der Waals surface area (Å²) in [5.41, 5.74) is 3.90. The van der Waals surface area contributed by atoms with Gasteiger partial charge in [-0.2, -0.15) is 0 Å². The van der Waals surface area contributed by atoms with Crippen LogP contribution in [0.5, 0.6) is 0 Å². The van der Waals surface area contributed by atoms with Crippen molar-refractivity contribution in [3.8, 4) is 0 Å². The molecule has 0 atom stereocenters. The van der Waals surface area contributed by atoms with Crippen molar-refractivity contribution in [2.45, 2.75) is 41.5 Å². The summed E-state index contributed by atoms with van der Waals surface area (Å²) in [5, 5.41) is 5.56. The van der Waals surface area contributed by atoms with E-state index in [-0.39, 0.29) is 8.88 Å². The highest BCUT2D eigenvalue weighted by Gasteiger charge is 2.01. The molecule has 0 aliphatic heterocycles. The van der Waals surface area contributed by atoms with Gasteiger partial charge in [0.2, 0.25) is 0 Å². The fraction of sp³-hybridized carbons (Fsp3) is 0.316. The van der Waals surface area contributed by atoms with E-state index in [4.69, 9.17) is 0 Å². The van der Waals surface area contributed by atoms with Crippen LogP contribution in [0.3, 0.4) is 0 Å². The Hall–Kier alpha value is -2.29. The number of nitrogens with one attached hydrogen (secondary N) is 2. The minimum absolute atomic E-state index is 0.